The molecule has 3 N–H and O–H groups in total. The number of nitrogens with one attached hydrogen (secondary N) is 2. The van der Waals surface area contributed by atoms with Crippen LogP contribution in [-0.4, -0.2) is 32.2 Å². The van der Waals surface area contributed by atoms with Gasteiger partial charge in [-0.05, 0) is 26.0 Å². The fraction of sp³-hybridized carbons (Fsp3) is 0.211. The molecule has 0 aliphatic carbocycles. The van der Waals surface area contributed by atoms with Gasteiger partial charge in [-0.1, -0.05) is 30.3 Å². The normalized spacial score (nSPS) is 11.2. The van der Waals surface area contributed by atoms with Gasteiger partial charge < -0.3 is 15.7 Å². The molecule has 1 aromatic carbocycles. The van der Waals surface area contributed by atoms with Crippen molar-refractivity contribution in [1.82, 2.24) is 15.0 Å². The van der Waals surface area contributed by atoms with E-state index in [9.17, 15) is 5.11 Å². The van der Waals surface area contributed by atoms with E-state index in [0.717, 1.165) is 11.3 Å². The summed E-state index contributed by atoms with van der Waals surface area (Å²) in [6.45, 7) is 3.87. The zero-order valence-electron chi connectivity index (χ0n) is 14.3. The Morgan fingerprint density at radius 2 is 1.64 bits per heavy atom. The number of hydrogen-bond donors (Lipinski definition) is 3. The monoisotopic (exact) mass is 335 g/mol. The summed E-state index contributed by atoms with van der Waals surface area (Å²) < 4.78 is 0. The van der Waals surface area contributed by atoms with Crippen molar-refractivity contribution in [3.05, 3.63) is 60.9 Å². The molecule has 2 heterocycles. The standard InChI is InChI=1S/C19H21N5O/c1-19(2,25)13-21-16-12-17(22-15-8-10-20-11-9-15)24-18(23-16)14-6-4-3-5-7-14/h3-12,25H,13H2,1-2H3,(H2,20,21,22,23,24). The summed E-state index contributed by atoms with van der Waals surface area (Å²) in [6.07, 6.45) is 3.43. The Morgan fingerprint density at radius 3 is 2.32 bits per heavy atom. The zero-order valence-corrected chi connectivity index (χ0v) is 14.3. The summed E-state index contributed by atoms with van der Waals surface area (Å²) >= 11 is 0. The lowest BCUT2D eigenvalue weighted by molar-refractivity contribution is 0.0944. The minimum absolute atomic E-state index is 0.382. The highest BCUT2D eigenvalue weighted by atomic mass is 16.3. The first-order valence-electron chi connectivity index (χ1n) is 8.07. The van der Waals surface area contributed by atoms with E-state index in [2.05, 4.69) is 25.6 Å². The predicted molar refractivity (Wildman–Crippen MR) is 99.8 cm³/mol. The third kappa shape index (κ3) is 4.99. The molecular formula is C19H21N5O. The van der Waals surface area contributed by atoms with Crippen LogP contribution in [0.2, 0.25) is 0 Å². The van der Waals surface area contributed by atoms with Crippen LogP contribution in [-0.2, 0) is 0 Å². The van der Waals surface area contributed by atoms with Gasteiger partial charge in [0.15, 0.2) is 5.82 Å². The molecule has 0 atom stereocenters. The van der Waals surface area contributed by atoms with Crippen molar-refractivity contribution in [1.29, 1.82) is 0 Å². The SMILES string of the molecule is CC(C)(O)CNc1cc(Nc2ccncc2)nc(-c2ccccc2)n1. The van der Waals surface area contributed by atoms with Crippen molar-refractivity contribution >= 4 is 17.3 Å². The van der Waals surface area contributed by atoms with Gasteiger partial charge in [0.25, 0.3) is 0 Å². The van der Waals surface area contributed by atoms with Gasteiger partial charge in [-0.15, -0.1) is 0 Å². The van der Waals surface area contributed by atoms with Crippen LogP contribution in [0.25, 0.3) is 11.4 Å². The van der Waals surface area contributed by atoms with Gasteiger partial charge in [-0.3, -0.25) is 4.98 Å². The molecule has 3 rings (SSSR count). The molecule has 6 heteroatoms. The number of rotatable bonds is 6. The first-order valence-corrected chi connectivity index (χ1v) is 8.07. The molecule has 0 unspecified atom stereocenters. The molecule has 0 aliphatic heterocycles. The number of nitrogens with zero attached hydrogens (tertiary/aromatic N) is 3. The molecular weight excluding hydrogens is 314 g/mol. The third-order valence-corrected chi connectivity index (χ3v) is 3.41. The molecule has 6 nitrogen and oxygen atoms in total. The number of hydrogen-bond acceptors (Lipinski definition) is 6. The molecule has 0 bridgehead atoms. The van der Waals surface area contributed by atoms with Crippen LogP contribution in [0, 0.1) is 0 Å². The average molecular weight is 335 g/mol. The minimum Gasteiger partial charge on any atom is -0.389 e. The van der Waals surface area contributed by atoms with Crippen molar-refractivity contribution in [3.8, 4) is 11.4 Å². The largest absolute Gasteiger partial charge is 0.389 e. The van der Waals surface area contributed by atoms with Crippen LogP contribution in [0.3, 0.4) is 0 Å². The van der Waals surface area contributed by atoms with Crippen molar-refractivity contribution in [3.63, 3.8) is 0 Å². The van der Waals surface area contributed by atoms with Gasteiger partial charge in [0, 0.05) is 36.3 Å². The molecule has 0 aliphatic rings. The lowest BCUT2D eigenvalue weighted by Gasteiger charge is -2.19. The van der Waals surface area contributed by atoms with E-state index in [4.69, 9.17) is 0 Å². The van der Waals surface area contributed by atoms with E-state index in [1.54, 1.807) is 26.2 Å². The maximum absolute atomic E-state index is 9.94. The fourth-order valence-corrected chi connectivity index (χ4v) is 2.21. The van der Waals surface area contributed by atoms with Gasteiger partial charge in [0.2, 0.25) is 0 Å². The third-order valence-electron chi connectivity index (χ3n) is 3.41. The molecule has 3 aromatic rings. The van der Waals surface area contributed by atoms with Crippen molar-refractivity contribution < 1.29 is 5.11 Å². The van der Waals surface area contributed by atoms with Crippen molar-refractivity contribution in [2.45, 2.75) is 19.4 Å². The maximum Gasteiger partial charge on any atom is 0.163 e. The number of aliphatic hydroxyl groups is 1. The Labute approximate surface area is 147 Å². The fourth-order valence-electron chi connectivity index (χ4n) is 2.21. The lowest BCUT2D eigenvalue weighted by atomic mass is 10.1. The molecule has 0 saturated heterocycles. The highest BCUT2D eigenvalue weighted by Crippen LogP contribution is 2.22. The Hall–Kier alpha value is -2.99. The summed E-state index contributed by atoms with van der Waals surface area (Å²) in [7, 11) is 0. The second-order valence-corrected chi connectivity index (χ2v) is 6.35. The van der Waals surface area contributed by atoms with Gasteiger partial charge in [0.1, 0.15) is 11.6 Å². The van der Waals surface area contributed by atoms with Gasteiger partial charge in [-0.25, -0.2) is 9.97 Å². The quantitative estimate of drug-likeness (QED) is 0.640. The molecule has 0 saturated carbocycles. The number of aromatic nitrogens is 3. The van der Waals surface area contributed by atoms with E-state index in [1.165, 1.54) is 0 Å². The first kappa shape index (κ1) is 16.9. The van der Waals surface area contributed by atoms with Crippen molar-refractivity contribution in [2.75, 3.05) is 17.2 Å². The first-order chi connectivity index (χ1) is 12.0. The molecule has 25 heavy (non-hydrogen) atoms. The van der Waals surface area contributed by atoms with Crippen LogP contribution < -0.4 is 10.6 Å². The van der Waals surface area contributed by atoms with E-state index in [0.29, 0.717) is 24.0 Å². The average Bonchev–Trinajstić information content (AvgIpc) is 2.61. The number of anilines is 3. The van der Waals surface area contributed by atoms with E-state index < -0.39 is 5.60 Å². The van der Waals surface area contributed by atoms with Crippen LogP contribution in [0.15, 0.2) is 60.9 Å². The smallest absolute Gasteiger partial charge is 0.163 e. The second-order valence-electron chi connectivity index (χ2n) is 6.35. The summed E-state index contributed by atoms with van der Waals surface area (Å²) in [5, 5.41) is 16.4. The molecule has 0 amide bonds. The van der Waals surface area contributed by atoms with Gasteiger partial charge in [-0.2, -0.15) is 0 Å². The molecule has 0 fully saturated rings. The van der Waals surface area contributed by atoms with Crippen molar-refractivity contribution in [2.24, 2.45) is 0 Å². The molecule has 0 spiro atoms. The van der Waals surface area contributed by atoms with Crippen LogP contribution in [0.5, 0.6) is 0 Å². The van der Waals surface area contributed by atoms with E-state index in [1.807, 2.05) is 48.5 Å². The second kappa shape index (κ2) is 7.27. The lowest BCUT2D eigenvalue weighted by Crippen LogP contribution is -2.29. The summed E-state index contributed by atoms with van der Waals surface area (Å²) in [5.41, 5.74) is 0.977. The maximum atomic E-state index is 9.94. The van der Waals surface area contributed by atoms with E-state index >= 15 is 0 Å². The summed E-state index contributed by atoms with van der Waals surface area (Å²) in [6, 6.07) is 15.3. The Kier molecular flexibility index (Phi) is 4.90. The van der Waals surface area contributed by atoms with Crippen LogP contribution >= 0.6 is 0 Å². The molecule has 0 radical (unpaired) electrons. The van der Waals surface area contributed by atoms with Gasteiger partial charge in [0.05, 0.1) is 5.60 Å². The zero-order chi connectivity index (χ0) is 17.7. The Balaban J connectivity index is 1.93. The Morgan fingerprint density at radius 1 is 0.960 bits per heavy atom. The highest BCUT2D eigenvalue weighted by Gasteiger charge is 2.13. The number of benzene rings is 1. The summed E-state index contributed by atoms with van der Waals surface area (Å²) in [4.78, 5) is 13.2. The minimum atomic E-state index is -0.837. The molecule has 2 aromatic heterocycles. The topological polar surface area (TPSA) is 83.0 Å². The predicted octanol–water partition coefficient (Wildman–Crippen LogP) is 3.47. The number of pyridine rings is 1. The van der Waals surface area contributed by atoms with Crippen LogP contribution in [0.1, 0.15) is 13.8 Å². The summed E-state index contributed by atoms with van der Waals surface area (Å²) in [5.74, 6) is 1.92. The van der Waals surface area contributed by atoms with E-state index in [-0.39, 0.29) is 0 Å². The molecule has 128 valence electrons. The Bertz CT molecular complexity index is 816. The van der Waals surface area contributed by atoms with Gasteiger partial charge >= 0.3 is 0 Å². The highest BCUT2D eigenvalue weighted by molar-refractivity contribution is 5.64. The van der Waals surface area contributed by atoms with Crippen LogP contribution in [0.4, 0.5) is 17.3 Å².